The second-order valence-corrected chi connectivity index (χ2v) is 8.65. The number of aromatic nitrogens is 3. The molecule has 2 aromatic heterocycles. The first kappa shape index (κ1) is 17.3. The molecule has 1 atom stereocenters. The lowest BCUT2D eigenvalue weighted by atomic mass is 10.1. The zero-order chi connectivity index (χ0) is 18.1. The number of nitrogens with one attached hydrogen (secondary N) is 1. The molecule has 3 heterocycles. The average molecular weight is 385 g/mol. The number of rotatable bonds is 5. The van der Waals surface area contributed by atoms with Gasteiger partial charge in [-0.3, -0.25) is 9.89 Å². The van der Waals surface area contributed by atoms with Crippen molar-refractivity contribution in [3.8, 4) is 10.7 Å². The van der Waals surface area contributed by atoms with E-state index in [1.165, 1.54) is 17.3 Å². The molecule has 4 rings (SSSR count). The highest BCUT2D eigenvalue weighted by Crippen LogP contribution is 2.34. The van der Waals surface area contributed by atoms with E-state index in [0.717, 1.165) is 29.4 Å². The molecule has 0 fully saturated rings. The van der Waals surface area contributed by atoms with Gasteiger partial charge in [-0.25, -0.2) is 4.98 Å². The summed E-state index contributed by atoms with van der Waals surface area (Å²) in [5.74, 6) is 1.07. The minimum absolute atomic E-state index is 0.137. The van der Waals surface area contributed by atoms with Crippen LogP contribution in [0.5, 0.6) is 0 Å². The molecular formula is C19H20N4OS2. The van der Waals surface area contributed by atoms with Gasteiger partial charge < -0.3 is 4.90 Å². The van der Waals surface area contributed by atoms with Crippen LogP contribution in [0.3, 0.4) is 0 Å². The van der Waals surface area contributed by atoms with Crippen molar-refractivity contribution in [3.63, 3.8) is 0 Å². The summed E-state index contributed by atoms with van der Waals surface area (Å²) in [4.78, 5) is 20.8. The second-order valence-electron chi connectivity index (χ2n) is 6.59. The van der Waals surface area contributed by atoms with Crippen LogP contribution in [0, 0.1) is 5.92 Å². The third kappa shape index (κ3) is 3.29. The molecule has 5 nitrogen and oxygen atoms in total. The molecule has 26 heavy (non-hydrogen) atoms. The number of nitrogens with zero attached hydrogens (tertiary/aromatic N) is 3. The third-order valence-electron chi connectivity index (χ3n) is 4.45. The van der Waals surface area contributed by atoms with E-state index in [2.05, 4.69) is 35.1 Å². The van der Waals surface area contributed by atoms with E-state index in [1.807, 2.05) is 40.6 Å². The standard InChI is InChI=1S/C19H20N4OS2/c1-12(2)16(18(24)23-10-9-13-6-3-4-7-14(13)23)26-19-20-17(21-22-19)15-8-5-11-25-15/h3-8,11-12,16H,9-10H2,1-2H3,(H,20,21,22). The van der Waals surface area contributed by atoms with Gasteiger partial charge in [0.2, 0.25) is 11.1 Å². The summed E-state index contributed by atoms with van der Waals surface area (Å²) < 4.78 is 0. The van der Waals surface area contributed by atoms with E-state index in [-0.39, 0.29) is 17.1 Å². The quantitative estimate of drug-likeness (QED) is 0.669. The Kier molecular flexibility index (Phi) is 4.82. The van der Waals surface area contributed by atoms with Crippen LogP contribution in [-0.4, -0.2) is 32.9 Å². The Bertz CT molecular complexity index is 904. The first-order chi connectivity index (χ1) is 12.6. The summed E-state index contributed by atoms with van der Waals surface area (Å²) in [5, 5.41) is 9.70. The van der Waals surface area contributed by atoms with Crippen molar-refractivity contribution in [2.75, 3.05) is 11.4 Å². The van der Waals surface area contributed by atoms with Crippen LogP contribution in [0.1, 0.15) is 19.4 Å². The Balaban J connectivity index is 1.54. The van der Waals surface area contributed by atoms with E-state index >= 15 is 0 Å². The number of amides is 1. The number of anilines is 1. The van der Waals surface area contributed by atoms with Gasteiger partial charge in [0.05, 0.1) is 10.1 Å². The number of hydrogen-bond donors (Lipinski definition) is 1. The Hall–Kier alpha value is -2.12. The lowest BCUT2D eigenvalue weighted by Crippen LogP contribution is -2.39. The average Bonchev–Trinajstić information content (AvgIpc) is 3.38. The van der Waals surface area contributed by atoms with Gasteiger partial charge in [-0.1, -0.05) is 49.9 Å². The monoisotopic (exact) mass is 384 g/mol. The van der Waals surface area contributed by atoms with Crippen molar-refractivity contribution in [1.29, 1.82) is 0 Å². The number of thioether (sulfide) groups is 1. The van der Waals surface area contributed by atoms with Crippen molar-refractivity contribution in [2.45, 2.75) is 30.7 Å². The number of carbonyl (C=O) groups is 1. The Morgan fingerprint density at radius 2 is 2.12 bits per heavy atom. The number of thiophene rings is 1. The molecule has 0 aliphatic carbocycles. The summed E-state index contributed by atoms with van der Waals surface area (Å²) in [6.45, 7) is 4.89. The van der Waals surface area contributed by atoms with Gasteiger partial charge in [-0.2, -0.15) is 0 Å². The molecule has 0 radical (unpaired) electrons. The van der Waals surface area contributed by atoms with Crippen molar-refractivity contribution in [2.24, 2.45) is 5.92 Å². The van der Waals surface area contributed by atoms with Crippen molar-refractivity contribution in [1.82, 2.24) is 15.2 Å². The Morgan fingerprint density at radius 1 is 1.27 bits per heavy atom. The SMILES string of the molecule is CC(C)C(Sc1n[nH]c(-c2cccs2)n1)C(=O)N1CCc2ccccc21. The number of aromatic amines is 1. The molecule has 1 aliphatic heterocycles. The molecular weight excluding hydrogens is 364 g/mol. The molecule has 0 saturated heterocycles. The maximum atomic E-state index is 13.2. The lowest BCUT2D eigenvalue weighted by molar-refractivity contribution is -0.118. The van der Waals surface area contributed by atoms with Crippen molar-refractivity contribution < 1.29 is 4.79 Å². The predicted molar refractivity (Wildman–Crippen MR) is 107 cm³/mol. The van der Waals surface area contributed by atoms with Gasteiger partial charge in [0.1, 0.15) is 0 Å². The highest BCUT2D eigenvalue weighted by atomic mass is 32.2. The Morgan fingerprint density at radius 3 is 2.88 bits per heavy atom. The topological polar surface area (TPSA) is 61.9 Å². The molecule has 1 aliphatic rings. The normalized spacial score (nSPS) is 14.7. The van der Waals surface area contributed by atoms with E-state index in [4.69, 9.17) is 0 Å². The summed E-state index contributed by atoms with van der Waals surface area (Å²) in [6.07, 6.45) is 0.917. The minimum Gasteiger partial charge on any atom is -0.311 e. The van der Waals surface area contributed by atoms with E-state index in [9.17, 15) is 4.79 Å². The summed E-state index contributed by atoms with van der Waals surface area (Å²) in [6, 6.07) is 12.1. The smallest absolute Gasteiger partial charge is 0.240 e. The molecule has 1 N–H and O–H groups in total. The van der Waals surface area contributed by atoms with Crippen LogP contribution >= 0.6 is 23.1 Å². The van der Waals surface area contributed by atoms with Crippen LogP contribution in [0.4, 0.5) is 5.69 Å². The van der Waals surface area contributed by atoms with Gasteiger partial charge in [-0.05, 0) is 35.4 Å². The summed E-state index contributed by atoms with van der Waals surface area (Å²) >= 11 is 3.06. The van der Waals surface area contributed by atoms with E-state index in [0.29, 0.717) is 5.16 Å². The first-order valence-electron chi connectivity index (χ1n) is 8.65. The van der Waals surface area contributed by atoms with Crippen molar-refractivity contribution >= 4 is 34.7 Å². The maximum absolute atomic E-state index is 13.2. The molecule has 1 amide bonds. The largest absolute Gasteiger partial charge is 0.311 e. The third-order valence-corrected chi connectivity index (χ3v) is 6.72. The second kappa shape index (κ2) is 7.25. The van der Waals surface area contributed by atoms with Gasteiger partial charge in [0.25, 0.3) is 0 Å². The molecule has 3 aromatic rings. The fraction of sp³-hybridized carbons (Fsp3) is 0.316. The zero-order valence-corrected chi connectivity index (χ0v) is 16.3. The lowest BCUT2D eigenvalue weighted by Gasteiger charge is -2.25. The molecule has 134 valence electrons. The van der Waals surface area contributed by atoms with E-state index in [1.54, 1.807) is 11.3 Å². The predicted octanol–water partition coefficient (Wildman–Crippen LogP) is 4.24. The number of benzene rings is 1. The van der Waals surface area contributed by atoms with Crippen molar-refractivity contribution in [3.05, 3.63) is 47.3 Å². The molecule has 7 heteroatoms. The number of carbonyl (C=O) groups excluding carboxylic acids is 1. The number of hydrogen-bond acceptors (Lipinski definition) is 5. The molecule has 0 spiro atoms. The number of fused-ring (bicyclic) bond motifs is 1. The fourth-order valence-corrected chi connectivity index (χ4v) is 4.76. The van der Waals surface area contributed by atoms with Crippen LogP contribution in [-0.2, 0) is 11.2 Å². The summed E-state index contributed by atoms with van der Waals surface area (Å²) in [5.41, 5.74) is 2.28. The Labute approximate surface area is 160 Å². The van der Waals surface area contributed by atoms with Gasteiger partial charge in [0.15, 0.2) is 5.82 Å². The molecule has 1 aromatic carbocycles. The number of para-hydroxylation sites is 1. The maximum Gasteiger partial charge on any atom is 0.240 e. The van der Waals surface area contributed by atoms with Gasteiger partial charge in [0, 0.05) is 12.2 Å². The van der Waals surface area contributed by atoms with Crippen LogP contribution < -0.4 is 4.90 Å². The van der Waals surface area contributed by atoms with E-state index < -0.39 is 0 Å². The van der Waals surface area contributed by atoms with Crippen LogP contribution in [0.2, 0.25) is 0 Å². The molecule has 1 unspecified atom stereocenters. The van der Waals surface area contributed by atoms with Crippen LogP contribution in [0.15, 0.2) is 46.9 Å². The highest BCUT2D eigenvalue weighted by molar-refractivity contribution is 8.00. The van der Waals surface area contributed by atoms with Gasteiger partial charge in [-0.15, -0.1) is 16.4 Å². The first-order valence-corrected chi connectivity index (χ1v) is 10.4. The zero-order valence-electron chi connectivity index (χ0n) is 14.7. The fourth-order valence-electron chi connectivity index (χ4n) is 3.13. The highest BCUT2D eigenvalue weighted by Gasteiger charge is 2.33. The van der Waals surface area contributed by atoms with Gasteiger partial charge >= 0.3 is 0 Å². The van der Waals surface area contributed by atoms with Crippen LogP contribution in [0.25, 0.3) is 10.7 Å². The molecule has 0 saturated carbocycles. The number of H-pyrrole nitrogens is 1. The summed E-state index contributed by atoms with van der Waals surface area (Å²) in [7, 11) is 0. The molecule has 0 bridgehead atoms. The minimum atomic E-state index is -0.215.